The average Bonchev–Trinajstić information content (AvgIpc) is 2.68. The second kappa shape index (κ2) is 9.02. The van der Waals surface area contributed by atoms with Crippen LogP contribution < -0.4 is 15.4 Å². The molecule has 0 spiro atoms. The number of carbonyl (C=O) groups is 2. The van der Waals surface area contributed by atoms with Crippen LogP contribution in [0.2, 0.25) is 0 Å². The van der Waals surface area contributed by atoms with Crippen LogP contribution in [0.1, 0.15) is 13.8 Å². The summed E-state index contributed by atoms with van der Waals surface area (Å²) in [6.45, 7) is 3.16. The van der Waals surface area contributed by atoms with Crippen molar-refractivity contribution in [1.29, 1.82) is 0 Å². The first-order valence-corrected chi connectivity index (χ1v) is 11.9. The summed E-state index contributed by atoms with van der Waals surface area (Å²) in [5.41, 5.74) is 0.592. The Balaban J connectivity index is 1.65. The lowest BCUT2D eigenvalue weighted by Gasteiger charge is -2.22. The summed E-state index contributed by atoms with van der Waals surface area (Å²) < 4.78 is 66.0. The van der Waals surface area contributed by atoms with E-state index in [2.05, 4.69) is 15.4 Å². The number of halogens is 3. The van der Waals surface area contributed by atoms with Crippen molar-refractivity contribution in [3.63, 3.8) is 0 Å². The second-order valence-corrected chi connectivity index (χ2v) is 10.6. The van der Waals surface area contributed by atoms with Crippen molar-refractivity contribution < 1.29 is 35.9 Å². The highest BCUT2D eigenvalue weighted by atomic mass is 32.2. The summed E-state index contributed by atoms with van der Waals surface area (Å²) in [4.78, 5) is 25.0. The molecule has 1 heterocycles. The molecule has 7 nitrogen and oxygen atoms in total. The second-order valence-electron chi connectivity index (χ2n) is 7.15. The van der Waals surface area contributed by atoms with E-state index in [0.29, 0.717) is 5.69 Å². The summed E-state index contributed by atoms with van der Waals surface area (Å²) in [5.74, 6) is -2.74. The van der Waals surface area contributed by atoms with Crippen molar-refractivity contribution in [2.24, 2.45) is 5.92 Å². The van der Waals surface area contributed by atoms with Gasteiger partial charge in [0.05, 0.1) is 21.6 Å². The number of hydrogen-bond acceptors (Lipinski definition) is 6. The lowest BCUT2D eigenvalue weighted by atomic mass is 10.2. The number of sulfone groups is 1. The molecule has 0 unspecified atom stereocenters. The molecular formula is C20H19F3N2O5S2. The SMILES string of the molecule is C[C@@H]1Sc2ccc(S(=O)(=O)C[C@H](C)C(=O)Nc3ccc(OC(F)(F)F)cc3)cc2NC1=O. The van der Waals surface area contributed by atoms with Crippen LogP contribution in [0.15, 0.2) is 52.3 Å². The topological polar surface area (TPSA) is 102 Å². The highest BCUT2D eigenvalue weighted by Crippen LogP contribution is 2.37. The molecule has 2 N–H and O–H groups in total. The Morgan fingerprint density at radius 1 is 1.22 bits per heavy atom. The maximum absolute atomic E-state index is 12.8. The fourth-order valence-corrected chi connectivity index (χ4v) is 5.39. The normalized spacial score (nSPS) is 17.2. The molecule has 172 valence electrons. The van der Waals surface area contributed by atoms with Crippen LogP contribution in [-0.2, 0) is 19.4 Å². The van der Waals surface area contributed by atoms with Gasteiger partial charge in [-0.25, -0.2) is 8.42 Å². The van der Waals surface area contributed by atoms with E-state index in [4.69, 9.17) is 0 Å². The van der Waals surface area contributed by atoms with Crippen LogP contribution in [0.3, 0.4) is 0 Å². The Morgan fingerprint density at radius 2 is 1.88 bits per heavy atom. The third-order valence-corrected chi connectivity index (χ3v) is 7.60. The molecule has 0 saturated carbocycles. The Morgan fingerprint density at radius 3 is 2.50 bits per heavy atom. The summed E-state index contributed by atoms with van der Waals surface area (Å²) >= 11 is 1.32. The number of benzene rings is 2. The Bertz CT molecular complexity index is 1130. The molecule has 2 aromatic rings. The summed E-state index contributed by atoms with van der Waals surface area (Å²) in [5, 5.41) is 4.84. The number of nitrogens with one attached hydrogen (secondary N) is 2. The van der Waals surface area contributed by atoms with E-state index < -0.39 is 39.5 Å². The van der Waals surface area contributed by atoms with Gasteiger partial charge in [-0.3, -0.25) is 9.59 Å². The minimum absolute atomic E-state index is 0.0278. The molecule has 12 heteroatoms. The minimum atomic E-state index is -4.83. The first-order chi connectivity index (χ1) is 14.8. The van der Waals surface area contributed by atoms with E-state index in [1.54, 1.807) is 13.0 Å². The molecule has 0 fully saturated rings. The number of hydrogen-bond donors (Lipinski definition) is 2. The van der Waals surface area contributed by atoms with Gasteiger partial charge in [-0.1, -0.05) is 6.92 Å². The minimum Gasteiger partial charge on any atom is -0.406 e. The third-order valence-electron chi connectivity index (χ3n) is 4.51. The third kappa shape index (κ3) is 5.94. The van der Waals surface area contributed by atoms with Crippen LogP contribution in [0.5, 0.6) is 5.75 Å². The van der Waals surface area contributed by atoms with E-state index >= 15 is 0 Å². The van der Waals surface area contributed by atoms with E-state index in [0.717, 1.165) is 17.0 Å². The molecule has 1 aliphatic rings. The van der Waals surface area contributed by atoms with Crippen LogP contribution in [-0.4, -0.2) is 37.6 Å². The van der Waals surface area contributed by atoms with E-state index in [1.165, 1.54) is 43.0 Å². The molecule has 0 bridgehead atoms. The van der Waals surface area contributed by atoms with Gasteiger partial charge in [0.15, 0.2) is 9.84 Å². The Kier molecular flexibility index (Phi) is 6.75. The molecule has 0 aliphatic carbocycles. The highest BCUT2D eigenvalue weighted by molar-refractivity contribution is 8.01. The lowest BCUT2D eigenvalue weighted by molar-refractivity contribution is -0.274. The quantitative estimate of drug-likeness (QED) is 0.636. The van der Waals surface area contributed by atoms with Gasteiger partial charge in [-0.15, -0.1) is 24.9 Å². The largest absolute Gasteiger partial charge is 0.573 e. The molecule has 2 atom stereocenters. The Hall–Kier alpha value is -2.73. The van der Waals surface area contributed by atoms with Gasteiger partial charge in [0.1, 0.15) is 5.75 Å². The first kappa shape index (κ1) is 23.9. The maximum atomic E-state index is 12.8. The average molecular weight is 489 g/mol. The zero-order valence-electron chi connectivity index (χ0n) is 16.9. The fourth-order valence-electron chi connectivity index (χ4n) is 2.89. The number of alkyl halides is 3. The van der Waals surface area contributed by atoms with Crippen molar-refractivity contribution in [2.45, 2.75) is 35.3 Å². The summed E-state index contributed by atoms with van der Waals surface area (Å²) in [6, 6.07) is 8.89. The van der Waals surface area contributed by atoms with Gasteiger partial charge in [0, 0.05) is 16.5 Å². The highest BCUT2D eigenvalue weighted by Gasteiger charge is 2.31. The number of thioether (sulfide) groups is 1. The maximum Gasteiger partial charge on any atom is 0.573 e. The predicted molar refractivity (Wildman–Crippen MR) is 113 cm³/mol. The van der Waals surface area contributed by atoms with Gasteiger partial charge >= 0.3 is 6.36 Å². The molecule has 0 radical (unpaired) electrons. The fraction of sp³-hybridized carbons (Fsp3) is 0.300. The smallest absolute Gasteiger partial charge is 0.406 e. The van der Waals surface area contributed by atoms with Crippen LogP contribution in [0.25, 0.3) is 0 Å². The molecule has 32 heavy (non-hydrogen) atoms. The first-order valence-electron chi connectivity index (χ1n) is 9.35. The van der Waals surface area contributed by atoms with E-state index in [9.17, 15) is 31.2 Å². The van der Waals surface area contributed by atoms with Gasteiger partial charge < -0.3 is 15.4 Å². The van der Waals surface area contributed by atoms with Crippen molar-refractivity contribution >= 4 is 44.8 Å². The molecule has 0 aromatic heterocycles. The van der Waals surface area contributed by atoms with Crippen molar-refractivity contribution in [3.8, 4) is 5.75 Å². The number of carbonyl (C=O) groups excluding carboxylic acids is 2. The van der Waals surface area contributed by atoms with Crippen LogP contribution in [0.4, 0.5) is 24.5 Å². The van der Waals surface area contributed by atoms with Gasteiger partial charge in [-0.05, 0) is 49.4 Å². The number of amides is 2. The zero-order chi connectivity index (χ0) is 23.7. The van der Waals surface area contributed by atoms with Crippen LogP contribution in [0, 0.1) is 5.92 Å². The molecule has 2 amide bonds. The monoisotopic (exact) mass is 488 g/mol. The van der Waals surface area contributed by atoms with Gasteiger partial charge in [0.25, 0.3) is 0 Å². The van der Waals surface area contributed by atoms with Crippen molar-refractivity contribution in [1.82, 2.24) is 0 Å². The number of rotatable bonds is 6. The number of fused-ring (bicyclic) bond motifs is 1. The number of ether oxygens (including phenoxy) is 1. The van der Waals surface area contributed by atoms with E-state index in [-0.39, 0.29) is 21.7 Å². The predicted octanol–water partition coefficient (Wildman–Crippen LogP) is 4.07. The van der Waals surface area contributed by atoms with Crippen molar-refractivity contribution in [2.75, 3.05) is 16.4 Å². The molecule has 3 rings (SSSR count). The van der Waals surface area contributed by atoms with Crippen LogP contribution >= 0.6 is 11.8 Å². The molecule has 1 aliphatic heterocycles. The van der Waals surface area contributed by atoms with Gasteiger partial charge in [-0.2, -0.15) is 0 Å². The number of anilines is 2. The summed E-state index contributed by atoms with van der Waals surface area (Å²) in [7, 11) is -3.85. The molecule has 0 saturated heterocycles. The van der Waals surface area contributed by atoms with E-state index in [1.807, 2.05) is 0 Å². The molecule has 2 aromatic carbocycles. The molecular weight excluding hydrogens is 469 g/mol. The standard InChI is InChI=1S/C20H19F3N2O5S2/c1-11(18(26)24-13-3-5-14(6-4-13)30-20(21,22)23)10-32(28,29)15-7-8-17-16(9-15)25-19(27)12(2)31-17/h3-9,11-12H,10H2,1-2H3,(H,24,26)(H,25,27)/t11-,12-/m0/s1. The van der Waals surface area contributed by atoms with Crippen molar-refractivity contribution in [3.05, 3.63) is 42.5 Å². The zero-order valence-corrected chi connectivity index (χ0v) is 18.5. The Labute approximate surface area is 186 Å². The summed E-state index contributed by atoms with van der Waals surface area (Å²) in [6.07, 6.45) is -4.83. The van der Waals surface area contributed by atoms with Gasteiger partial charge in [0.2, 0.25) is 11.8 Å². The lowest BCUT2D eigenvalue weighted by Crippen LogP contribution is -2.28.